The SMILES string of the molecule is CC1(C)c2ccccc2-c2cc3c(cc21)oc1cc(-c2c4ccccc4c(-c4cccc(-c5ccc6ccccc6c5)c4)c4ccccc24)ccc13. The highest BCUT2D eigenvalue weighted by Crippen LogP contribution is 2.51. The van der Waals surface area contributed by atoms with E-state index in [-0.39, 0.29) is 5.41 Å². The van der Waals surface area contributed by atoms with Gasteiger partial charge in [-0.2, -0.15) is 0 Å². The lowest BCUT2D eigenvalue weighted by atomic mass is 9.82. The Kier molecular flexibility index (Phi) is 6.08. The Morgan fingerprint density at radius 1 is 0.346 bits per heavy atom. The zero-order valence-corrected chi connectivity index (χ0v) is 29.1. The summed E-state index contributed by atoms with van der Waals surface area (Å²) in [7, 11) is 0. The summed E-state index contributed by atoms with van der Waals surface area (Å²) in [6.45, 7) is 4.65. The molecule has 52 heavy (non-hydrogen) atoms. The maximum absolute atomic E-state index is 6.73. The number of benzene rings is 9. The Balaban J connectivity index is 1.10. The zero-order valence-electron chi connectivity index (χ0n) is 29.1. The molecule has 0 unspecified atom stereocenters. The molecule has 10 aromatic rings. The average Bonchev–Trinajstić information content (AvgIpc) is 3.66. The monoisotopic (exact) mass is 662 g/mol. The van der Waals surface area contributed by atoms with Crippen molar-refractivity contribution >= 4 is 54.3 Å². The second-order valence-corrected chi connectivity index (χ2v) is 14.9. The van der Waals surface area contributed by atoms with Gasteiger partial charge in [0.15, 0.2) is 0 Å². The van der Waals surface area contributed by atoms with Crippen LogP contribution in [0.5, 0.6) is 0 Å². The van der Waals surface area contributed by atoms with Crippen LogP contribution in [0.15, 0.2) is 174 Å². The van der Waals surface area contributed by atoms with Gasteiger partial charge in [-0.05, 0) is 124 Å². The first kappa shape index (κ1) is 29.3. The van der Waals surface area contributed by atoms with E-state index < -0.39 is 0 Å². The number of hydrogen-bond donors (Lipinski definition) is 0. The fourth-order valence-electron chi connectivity index (χ4n) is 9.10. The maximum atomic E-state index is 6.73. The van der Waals surface area contributed by atoms with E-state index in [0.717, 1.165) is 22.1 Å². The summed E-state index contributed by atoms with van der Waals surface area (Å²) in [5.41, 5.74) is 14.5. The minimum atomic E-state index is -0.0706. The van der Waals surface area contributed by atoms with Crippen LogP contribution < -0.4 is 0 Å². The molecule has 9 aromatic carbocycles. The van der Waals surface area contributed by atoms with Crippen LogP contribution >= 0.6 is 0 Å². The molecule has 0 fully saturated rings. The van der Waals surface area contributed by atoms with Gasteiger partial charge in [-0.25, -0.2) is 0 Å². The normalized spacial score (nSPS) is 13.3. The third-order valence-electron chi connectivity index (χ3n) is 11.6. The lowest BCUT2D eigenvalue weighted by Crippen LogP contribution is -2.14. The van der Waals surface area contributed by atoms with E-state index in [9.17, 15) is 0 Å². The third kappa shape index (κ3) is 4.17. The van der Waals surface area contributed by atoms with Crippen molar-refractivity contribution in [2.75, 3.05) is 0 Å². The van der Waals surface area contributed by atoms with Crippen LogP contribution in [0.2, 0.25) is 0 Å². The van der Waals surface area contributed by atoms with Gasteiger partial charge in [-0.3, -0.25) is 0 Å². The van der Waals surface area contributed by atoms with E-state index >= 15 is 0 Å². The standard InChI is InChI=1S/C51H34O/c1-51(2)45-21-10-9-16-37(45)43-29-44-38-25-24-36(28-47(38)52-48(44)30-46(43)51)50-41-19-7-5-17-39(41)49(40-18-6-8-20-42(40)50)35-15-11-14-33(27-35)34-23-22-31-12-3-4-13-32(31)26-34/h3-30H,1-2H3. The van der Waals surface area contributed by atoms with E-state index in [4.69, 9.17) is 4.42 Å². The van der Waals surface area contributed by atoms with Crippen molar-refractivity contribution in [1.82, 2.24) is 0 Å². The molecule has 0 bridgehead atoms. The van der Waals surface area contributed by atoms with Crippen LogP contribution in [-0.2, 0) is 5.41 Å². The van der Waals surface area contributed by atoms with E-state index in [0.29, 0.717) is 0 Å². The number of rotatable bonds is 3. The average molecular weight is 663 g/mol. The van der Waals surface area contributed by atoms with Gasteiger partial charge in [-0.1, -0.05) is 147 Å². The summed E-state index contributed by atoms with van der Waals surface area (Å²) in [4.78, 5) is 0. The van der Waals surface area contributed by atoms with E-state index in [1.807, 2.05) is 0 Å². The molecule has 0 saturated heterocycles. The predicted octanol–water partition coefficient (Wildman–Crippen LogP) is 14.4. The molecule has 0 radical (unpaired) electrons. The van der Waals surface area contributed by atoms with Crippen LogP contribution in [0, 0.1) is 0 Å². The van der Waals surface area contributed by atoms with Crippen LogP contribution in [0.1, 0.15) is 25.0 Å². The van der Waals surface area contributed by atoms with E-state index in [1.54, 1.807) is 0 Å². The number of fused-ring (bicyclic) bond motifs is 9. The van der Waals surface area contributed by atoms with Gasteiger partial charge < -0.3 is 4.42 Å². The molecule has 0 amide bonds. The fourth-order valence-corrected chi connectivity index (χ4v) is 9.10. The minimum absolute atomic E-state index is 0.0706. The fraction of sp³-hybridized carbons (Fsp3) is 0.0588. The molecule has 1 heterocycles. The third-order valence-corrected chi connectivity index (χ3v) is 11.6. The Morgan fingerprint density at radius 2 is 0.923 bits per heavy atom. The highest BCUT2D eigenvalue weighted by atomic mass is 16.3. The lowest BCUT2D eigenvalue weighted by molar-refractivity contribution is 0.647. The molecule has 1 aliphatic carbocycles. The summed E-state index contributed by atoms with van der Waals surface area (Å²) >= 11 is 0. The molecule has 1 aliphatic rings. The molecule has 0 atom stereocenters. The summed E-state index contributed by atoms with van der Waals surface area (Å²) in [5, 5.41) is 9.80. The van der Waals surface area contributed by atoms with Crippen LogP contribution in [0.3, 0.4) is 0 Å². The predicted molar refractivity (Wildman–Crippen MR) is 220 cm³/mol. The van der Waals surface area contributed by atoms with Gasteiger partial charge in [0, 0.05) is 16.2 Å². The van der Waals surface area contributed by atoms with Crippen molar-refractivity contribution in [2.45, 2.75) is 19.3 Å². The molecule has 0 N–H and O–H groups in total. The molecule has 1 aromatic heterocycles. The van der Waals surface area contributed by atoms with Gasteiger partial charge in [0.2, 0.25) is 0 Å². The molecule has 0 aliphatic heterocycles. The summed E-state index contributed by atoms with van der Waals surface area (Å²) in [6, 6.07) is 62.4. The number of furan rings is 1. The van der Waals surface area contributed by atoms with Crippen molar-refractivity contribution < 1.29 is 4.42 Å². The van der Waals surface area contributed by atoms with Gasteiger partial charge in [0.1, 0.15) is 11.2 Å². The smallest absolute Gasteiger partial charge is 0.136 e. The first-order chi connectivity index (χ1) is 25.5. The Morgan fingerprint density at radius 3 is 1.67 bits per heavy atom. The first-order valence-corrected chi connectivity index (χ1v) is 18.2. The molecular formula is C51H34O. The largest absolute Gasteiger partial charge is 0.456 e. The van der Waals surface area contributed by atoms with Crippen molar-refractivity contribution in [3.63, 3.8) is 0 Å². The van der Waals surface area contributed by atoms with Crippen molar-refractivity contribution in [1.29, 1.82) is 0 Å². The maximum Gasteiger partial charge on any atom is 0.136 e. The molecule has 244 valence electrons. The summed E-state index contributed by atoms with van der Waals surface area (Å²) in [6.07, 6.45) is 0. The van der Waals surface area contributed by atoms with E-state index in [1.165, 1.54) is 87.8 Å². The van der Waals surface area contributed by atoms with Gasteiger partial charge in [0.05, 0.1) is 0 Å². The molecule has 1 nitrogen and oxygen atoms in total. The van der Waals surface area contributed by atoms with Crippen molar-refractivity contribution in [3.8, 4) is 44.5 Å². The van der Waals surface area contributed by atoms with Gasteiger partial charge in [0.25, 0.3) is 0 Å². The zero-order chi connectivity index (χ0) is 34.6. The molecule has 0 spiro atoms. The van der Waals surface area contributed by atoms with Crippen LogP contribution in [0.25, 0.3) is 98.8 Å². The highest BCUT2D eigenvalue weighted by Gasteiger charge is 2.36. The lowest BCUT2D eigenvalue weighted by Gasteiger charge is -2.21. The highest BCUT2D eigenvalue weighted by molar-refractivity contribution is 6.22. The molecule has 11 rings (SSSR count). The summed E-state index contributed by atoms with van der Waals surface area (Å²) < 4.78 is 6.73. The van der Waals surface area contributed by atoms with Crippen LogP contribution in [-0.4, -0.2) is 0 Å². The Bertz CT molecular complexity index is 3040. The second-order valence-electron chi connectivity index (χ2n) is 14.9. The Labute approximate surface area is 302 Å². The van der Waals surface area contributed by atoms with Gasteiger partial charge >= 0.3 is 0 Å². The Hall–Kier alpha value is -6.44. The quantitative estimate of drug-likeness (QED) is 0.172. The van der Waals surface area contributed by atoms with E-state index in [2.05, 4.69) is 184 Å². The molecule has 0 saturated carbocycles. The van der Waals surface area contributed by atoms with Crippen molar-refractivity contribution in [3.05, 3.63) is 181 Å². The van der Waals surface area contributed by atoms with Gasteiger partial charge in [-0.15, -0.1) is 0 Å². The number of hydrogen-bond acceptors (Lipinski definition) is 1. The first-order valence-electron chi connectivity index (χ1n) is 18.2. The second kappa shape index (κ2) is 10.8. The van der Waals surface area contributed by atoms with Crippen molar-refractivity contribution in [2.24, 2.45) is 0 Å². The molecular weight excluding hydrogens is 629 g/mol. The topological polar surface area (TPSA) is 13.1 Å². The minimum Gasteiger partial charge on any atom is -0.456 e. The van der Waals surface area contributed by atoms with Crippen LogP contribution in [0.4, 0.5) is 0 Å². The summed E-state index contributed by atoms with van der Waals surface area (Å²) in [5.74, 6) is 0. The molecule has 1 heteroatoms.